The minimum Gasteiger partial charge on any atom is -0.283 e. The Bertz CT molecular complexity index is 632. The molecular weight excluding hydrogens is 258 g/mol. The first-order chi connectivity index (χ1) is 8.99. The Kier molecular flexibility index (Phi) is 3.90. The van der Waals surface area contributed by atoms with E-state index in [0.29, 0.717) is 5.69 Å². The molecule has 0 unspecified atom stereocenters. The monoisotopic (exact) mass is 275 g/mol. The molecule has 2 aromatic rings. The lowest BCUT2D eigenvalue weighted by molar-refractivity contribution is 0.593. The van der Waals surface area contributed by atoms with Crippen molar-refractivity contribution in [2.45, 2.75) is 19.1 Å². The van der Waals surface area contributed by atoms with E-state index in [1.165, 1.54) is 0 Å². The van der Waals surface area contributed by atoms with Crippen molar-refractivity contribution in [3.63, 3.8) is 0 Å². The summed E-state index contributed by atoms with van der Waals surface area (Å²) < 4.78 is 26.1. The van der Waals surface area contributed by atoms with Crippen LogP contribution in [0.4, 0.5) is 5.69 Å². The van der Waals surface area contributed by atoms with Crippen molar-refractivity contribution in [3.05, 3.63) is 54.6 Å². The molecule has 3 nitrogen and oxygen atoms in total. The summed E-state index contributed by atoms with van der Waals surface area (Å²) in [5.74, 6) is 0. The summed E-state index contributed by atoms with van der Waals surface area (Å²) in [6, 6.07) is 17.3. The maximum Gasteiger partial charge on any atom is 0.235 e. The van der Waals surface area contributed by atoms with Crippen molar-refractivity contribution in [1.82, 2.24) is 0 Å². The smallest absolute Gasteiger partial charge is 0.235 e. The van der Waals surface area contributed by atoms with Crippen LogP contribution >= 0.6 is 0 Å². The van der Waals surface area contributed by atoms with Crippen LogP contribution in [-0.4, -0.2) is 13.7 Å². The fourth-order valence-corrected chi connectivity index (χ4v) is 2.34. The Morgan fingerprint density at radius 2 is 1.37 bits per heavy atom. The molecule has 1 N–H and O–H groups in total. The number of anilines is 1. The van der Waals surface area contributed by atoms with Crippen LogP contribution in [0, 0.1) is 0 Å². The number of nitrogens with one attached hydrogen (secondary N) is 1. The summed E-state index contributed by atoms with van der Waals surface area (Å²) in [5, 5.41) is -0.443. The molecular formula is C15H17NO2S. The van der Waals surface area contributed by atoms with E-state index in [2.05, 4.69) is 4.72 Å². The van der Waals surface area contributed by atoms with Crippen LogP contribution in [0.15, 0.2) is 54.6 Å². The van der Waals surface area contributed by atoms with Crippen LogP contribution in [0.25, 0.3) is 11.1 Å². The van der Waals surface area contributed by atoms with Gasteiger partial charge in [0.15, 0.2) is 0 Å². The number of rotatable bonds is 4. The van der Waals surface area contributed by atoms with Crippen molar-refractivity contribution in [3.8, 4) is 11.1 Å². The third-order valence-corrected chi connectivity index (χ3v) is 4.63. The minimum atomic E-state index is -3.28. The van der Waals surface area contributed by atoms with Gasteiger partial charge >= 0.3 is 0 Å². The first-order valence-electron chi connectivity index (χ1n) is 6.16. The molecule has 0 saturated carbocycles. The molecule has 0 aliphatic heterocycles. The summed E-state index contributed by atoms with van der Waals surface area (Å²) >= 11 is 0. The minimum absolute atomic E-state index is 0.443. The zero-order chi connectivity index (χ0) is 13.9. The van der Waals surface area contributed by atoms with E-state index in [0.717, 1.165) is 11.1 Å². The lowest BCUT2D eigenvalue weighted by atomic mass is 10.1. The Morgan fingerprint density at radius 3 is 1.89 bits per heavy atom. The molecule has 0 spiro atoms. The molecule has 0 aliphatic rings. The highest BCUT2D eigenvalue weighted by atomic mass is 32.2. The first kappa shape index (κ1) is 13.6. The van der Waals surface area contributed by atoms with E-state index < -0.39 is 15.3 Å². The van der Waals surface area contributed by atoms with Crippen LogP contribution in [0.5, 0.6) is 0 Å². The van der Waals surface area contributed by atoms with Crippen LogP contribution < -0.4 is 4.72 Å². The molecule has 0 atom stereocenters. The lowest BCUT2D eigenvalue weighted by Crippen LogP contribution is -2.22. The van der Waals surface area contributed by atoms with Crippen LogP contribution in [0.2, 0.25) is 0 Å². The van der Waals surface area contributed by atoms with Gasteiger partial charge in [-0.15, -0.1) is 0 Å². The van der Waals surface area contributed by atoms with Gasteiger partial charge in [0, 0.05) is 5.69 Å². The molecule has 2 aromatic carbocycles. The Balaban J connectivity index is 2.21. The molecule has 0 heterocycles. The second-order valence-corrected chi connectivity index (χ2v) is 6.88. The first-order valence-corrected chi connectivity index (χ1v) is 7.71. The third kappa shape index (κ3) is 3.35. The predicted molar refractivity (Wildman–Crippen MR) is 79.6 cm³/mol. The van der Waals surface area contributed by atoms with Gasteiger partial charge in [-0.3, -0.25) is 4.72 Å². The summed E-state index contributed by atoms with van der Waals surface area (Å²) in [7, 11) is -3.28. The van der Waals surface area contributed by atoms with Gasteiger partial charge in [0.1, 0.15) is 0 Å². The third-order valence-electron chi connectivity index (χ3n) is 2.87. The van der Waals surface area contributed by atoms with Gasteiger partial charge in [-0.1, -0.05) is 42.5 Å². The molecule has 4 heteroatoms. The maximum atomic E-state index is 11.7. The molecule has 0 aliphatic carbocycles. The molecule has 0 saturated heterocycles. The van der Waals surface area contributed by atoms with Gasteiger partial charge in [-0.25, -0.2) is 8.42 Å². The van der Waals surface area contributed by atoms with Crippen molar-refractivity contribution >= 4 is 15.7 Å². The molecule has 0 fully saturated rings. The molecule has 0 radical (unpaired) electrons. The number of sulfonamides is 1. The number of hydrogen-bond acceptors (Lipinski definition) is 2. The Morgan fingerprint density at radius 1 is 0.842 bits per heavy atom. The number of hydrogen-bond donors (Lipinski definition) is 1. The summed E-state index contributed by atoms with van der Waals surface area (Å²) in [5.41, 5.74) is 2.77. The Labute approximate surface area is 114 Å². The lowest BCUT2D eigenvalue weighted by Gasteiger charge is -2.11. The summed E-state index contributed by atoms with van der Waals surface area (Å²) in [6.07, 6.45) is 0. The standard InChI is InChI=1S/C15H17NO2S/c1-12(2)19(17,18)16-15-10-8-14(9-11-15)13-6-4-3-5-7-13/h3-12,16H,1-2H3. The van der Waals surface area contributed by atoms with Gasteiger partial charge in [0.05, 0.1) is 5.25 Å². The van der Waals surface area contributed by atoms with Crippen molar-refractivity contribution in [2.24, 2.45) is 0 Å². The average molecular weight is 275 g/mol. The fraction of sp³-hybridized carbons (Fsp3) is 0.200. The molecule has 2 rings (SSSR count). The second-order valence-electron chi connectivity index (χ2n) is 4.64. The predicted octanol–water partition coefficient (Wildman–Crippen LogP) is 3.50. The van der Waals surface area contributed by atoms with E-state index in [1.54, 1.807) is 26.0 Å². The molecule has 100 valence electrons. The van der Waals surface area contributed by atoms with E-state index in [1.807, 2.05) is 42.5 Å². The van der Waals surface area contributed by atoms with Crippen molar-refractivity contribution < 1.29 is 8.42 Å². The molecule has 0 amide bonds. The van der Waals surface area contributed by atoms with Gasteiger partial charge in [0.2, 0.25) is 10.0 Å². The second kappa shape index (κ2) is 5.45. The number of benzene rings is 2. The van der Waals surface area contributed by atoms with Crippen LogP contribution in [0.1, 0.15) is 13.8 Å². The highest BCUT2D eigenvalue weighted by Crippen LogP contribution is 2.21. The Hall–Kier alpha value is -1.81. The average Bonchev–Trinajstić information content (AvgIpc) is 2.40. The van der Waals surface area contributed by atoms with E-state index >= 15 is 0 Å². The van der Waals surface area contributed by atoms with E-state index in [-0.39, 0.29) is 0 Å². The molecule has 0 bridgehead atoms. The highest BCUT2D eigenvalue weighted by molar-refractivity contribution is 7.93. The van der Waals surface area contributed by atoms with Crippen molar-refractivity contribution in [2.75, 3.05) is 4.72 Å². The fourth-order valence-electron chi connectivity index (χ4n) is 1.64. The molecule has 19 heavy (non-hydrogen) atoms. The summed E-state index contributed by atoms with van der Waals surface area (Å²) in [4.78, 5) is 0. The van der Waals surface area contributed by atoms with Crippen LogP contribution in [0.3, 0.4) is 0 Å². The maximum absolute atomic E-state index is 11.7. The van der Waals surface area contributed by atoms with E-state index in [4.69, 9.17) is 0 Å². The van der Waals surface area contributed by atoms with Gasteiger partial charge in [0.25, 0.3) is 0 Å². The zero-order valence-corrected chi connectivity index (χ0v) is 11.8. The van der Waals surface area contributed by atoms with E-state index in [9.17, 15) is 8.42 Å². The molecule has 0 aromatic heterocycles. The largest absolute Gasteiger partial charge is 0.283 e. The summed E-state index contributed by atoms with van der Waals surface area (Å²) in [6.45, 7) is 3.31. The topological polar surface area (TPSA) is 46.2 Å². The highest BCUT2D eigenvalue weighted by Gasteiger charge is 2.15. The van der Waals surface area contributed by atoms with Gasteiger partial charge in [-0.2, -0.15) is 0 Å². The normalized spacial score (nSPS) is 11.5. The SMILES string of the molecule is CC(C)S(=O)(=O)Nc1ccc(-c2ccccc2)cc1. The van der Waals surface area contributed by atoms with Gasteiger partial charge in [-0.05, 0) is 37.1 Å². The zero-order valence-electron chi connectivity index (χ0n) is 11.0. The quantitative estimate of drug-likeness (QED) is 0.928. The van der Waals surface area contributed by atoms with Gasteiger partial charge < -0.3 is 0 Å². The van der Waals surface area contributed by atoms with Crippen LogP contribution in [-0.2, 0) is 10.0 Å². The van der Waals surface area contributed by atoms with Crippen molar-refractivity contribution in [1.29, 1.82) is 0 Å².